The molecule has 0 spiro atoms. The zero-order chi connectivity index (χ0) is 41.4. The Hall–Kier alpha value is -6.59. The van der Waals surface area contributed by atoms with Crippen molar-refractivity contribution in [3.05, 3.63) is 113 Å². The number of piperazine rings is 1. The van der Waals surface area contributed by atoms with E-state index in [-0.39, 0.29) is 35.5 Å². The topological polar surface area (TPSA) is 155 Å². The Kier molecular flexibility index (Phi) is 10.6. The molecule has 14 nitrogen and oxygen atoms in total. The average molecular weight is 810 g/mol. The number of anilines is 1. The summed E-state index contributed by atoms with van der Waals surface area (Å²) in [5.74, 6) is -1.87. The number of imidazole rings is 1. The number of fused-ring (bicyclic) bond motifs is 2. The Morgan fingerprint density at radius 3 is 2.39 bits per heavy atom. The third-order valence-corrected chi connectivity index (χ3v) is 10.7. The molecular weight excluding hydrogens is 771 g/mol. The third-order valence-electron chi connectivity index (χ3n) is 10.7. The van der Waals surface area contributed by atoms with E-state index in [0.29, 0.717) is 47.9 Å². The van der Waals surface area contributed by atoms with Crippen LogP contribution in [-0.2, 0) is 22.3 Å². The standard InChI is InChI=1S/C42H38F3N7O7/c1-58-29-7-3-6-28(22-29)51-34-11-8-25(20-33(34)46-41(51)48-37(54)26-4-2-5-27(21-26)42(43,44)45)24-50-16-14-49(15-17-50)18-19-59-30-9-10-31-32(23-30)40(57)52(39(31)56)35-12-13-36(53)47-38(35)55/h2-11,20-23,35H,12-19,24H2,1H3,(H,46,48,54)(H,47,53,55). The summed E-state index contributed by atoms with van der Waals surface area (Å²) in [4.78, 5) is 73.6. The van der Waals surface area contributed by atoms with Crippen LogP contribution >= 0.6 is 0 Å². The number of nitrogens with zero attached hydrogens (tertiary/aromatic N) is 5. The average Bonchev–Trinajstić information content (AvgIpc) is 3.70. The lowest BCUT2D eigenvalue weighted by Crippen LogP contribution is -2.54. The van der Waals surface area contributed by atoms with Crippen LogP contribution in [0.5, 0.6) is 11.5 Å². The number of hydrogen-bond acceptors (Lipinski definition) is 10. The van der Waals surface area contributed by atoms with Gasteiger partial charge < -0.3 is 9.47 Å². The molecule has 4 aromatic carbocycles. The Labute approximate surface area is 335 Å². The summed E-state index contributed by atoms with van der Waals surface area (Å²) < 4.78 is 53.3. The van der Waals surface area contributed by atoms with Crippen molar-refractivity contribution in [2.45, 2.75) is 31.6 Å². The number of hydrogen-bond donors (Lipinski definition) is 2. The van der Waals surface area contributed by atoms with Crippen molar-refractivity contribution in [3.8, 4) is 17.2 Å². The number of rotatable bonds is 11. The number of aromatic nitrogens is 2. The number of nitrogens with one attached hydrogen (secondary N) is 2. The van der Waals surface area contributed by atoms with Crippen molar-refractivity contribution in [1.82, 2.24) is 29.6 Å². The van der Waals surface area contributed by atoms with Gasteiger partial charge in [0, 0.05) is 57.3 Å². The van der Waals surface area contributed by atoms with E-state index in [1.807, 2.05) is 24.3 Å². The van der Waals surface area contributed by atoms with E-state index in [2.05, 4.69) is 20.4 Å². The minimum Gasteiger partial charge on any atom is -0.497 e. The first-order valence-electron chi connectivity index (χ1n) is 18.9. The summed E-state index contributed by atoms with van der Waals surface area (Å²) in [7, 11) is 1.54. The Balaban J connectivity index is 0.890. The molecule has 304 valence electrons. The van der Waals surface area contributed by atoms with Gasteiger partial charge >= 0.3 is 6.18 Å². The molecule has 1 aromatic heterocycles. The van der Waals surface area contributed by atoms with Crippen LogP contribution in [0, 0.1) is 0 Å². The molecule has 1 unspecified atom stereocenters. The van der Waals surface area contributed by atoms with Crippen LogP contribution in [-0.4, -0.2) is 106 Å². The monoisotopic (exact) mass is 809 g/mol. The minimum atomic E-state index is -4.60. The molecule has 5 aromatic rings. The molecule has 3 aliphatic heterocycles. The van der Waals surface area contributed by atoms with E-state index >= 15 is 0 Å². The molecule has 2 N–H and O–H groups in total. The van der Waals surface area contributed by atoms with Gasteiger partial charge in [-0.1, -0.05) is 18.2 Å². The van der Waals surface area contributed by atoms with E-state index in [0.717, 1.165) is 48.8 Å². The van der Waals surface area contributed by atoms with Crippen LogP contribution in [0.3, 0.4) is 0 Å². The molecular formula is C42H38F3N7O7. The number of carbonyl (C=O) groups excluding carboxylic acids is 5. The zero-order valence-electron chi connectivity index (χ0n) is 31.8. The molecule has 2 saturated heterocycles. The smallest absolute Gasteiger partial charge is 0.416 e. The molecule has 1 atom stereocenters. The number of piperidine rings is 1. The first kappa shape index (κ1) is 39.2. The maximum atomic E-state index is 13.4. The van der Waals surface area contributed by atoms with Crippen LogP contribution in [0.25, 0.3) is 16.7 Å². The first-order chi connectivity index (χ1) is 28.4. The predicted octanol–water partition coefficient (Wildman–Crippen LogP) is 4.90. The van der Waals surface area contributed by atoms with Gasteiger partial charge in [0.15, 0.2) is 0 Å². The highest BCUT2D eigenvalue weighted by atomic mass is 19.4. The number of alkyl halides is 3. The Bertz CT molecular complexity index is 2500. The fraction of sp³-hybridized carbons (Fsp3) is 0.286. The van der Waals surface area contributed by atoms with E-state index in [9.17, 15) is 37.1 Å². The van der Waals surface area contributed by atoms with Crippen LogP contribution in [0.4, 0.5) is 19.1 Å². The molecule has 0 bridgehead atoms. The van der Waals surface area contributed by atoms with Gasteiger partial charge in [0.25, 0.3) is 17.7 Å². The molecule has 2 fully saturated rings. The highest BCUT2D eigenvalue weighted by molar-refractivity contribution is 6.23. The molecule has 3 aliphatic rings. The van der Waals surface area contributed by atoms with Gasteiger partial charge in [0.1, 0.15) is 24.1 Å². The minimum absolute atomic E-state index is 0.0443. The lowest BCUT2D eigenvalue weighted by Gasteiger charge is -2.34. The van der Waals surface area contributed by atoms with Crippen molar-refractivity contribution in [2.24, 2.45) is 0 Å². The van der Waals surface area contributed by atoms with Gasteiger partial charge in [0.2, 0.25) is 17.8 Å². The van der Waals surface area contributed by atoms with Crippen LogP contribution in [0.15, 0.2) is 84.9 Å². The summed E-state index contributed by atoms with van der Waals surface area (Å²) in [5, 5.41) is 4.91. The van der Waals surface area contributed by atoms with Gasteiger partial charge in [-0.15, -0.1) is 0 Å². The van der Waals surface area contributed by atoms with E-state index in [4.69, 9.17) is 14.5 Å². The van der Waals surface area contributed by atoms with Gasteiger partial charge in [-0.2, -0.15) is 13.2 Å². The number of amides is 5. The highest BCUT2D eigenvalue weighted by Gasteiger charge is 2.44. The Morgan fingerprint density at radius 2 is 1.63 bits per heavy atom. The summed E-state index contributed by atoms with van der Waals surface area (Å²) in [5.41, 5.74) is 2.14. The van der Waals surface area contributed by atoms with Crippen LogP contribution in [0.2, 0.25) is 0 Å². The van der Waals surface area contributed by atoms with Crippen LogP contribution in [0.1, 0.15) is 55.0 Å². The molecule has 0 aliphatic carbocycles. The summed E-state index contributed by atoms with van der Waals surface area (Å²) in [6.07, 6.45) is -4.48. The summed E-state index contributed by atoms with van der Waals surface area (Å²) in [6.45, 7) is 4.72. The second-order valence-corrected chi connectivity index (χ2v) is 14.4. The number of ether oxygens (including phenoxy) is 2. The third kappa shape index (κ3) is 8.11. The molecule has 0 saturated carbocycles. The fourth-order valence-corrected chi connectivity index (χ4v) is 7.59. The Morgan fingerprint density at radius 1 is 0.864 bits per heavy atom. The second kappa shape index (κ2) is 16.0. The van der Waals surface area contributed by atoms with E-state index < -0.39 is 47.3 Å². The summed E-state index contributed by atoms with van der Waals surface area (Å²) in [6, 6.07) is 20.8. The van der Waals surface area contributed by atoms with Crippen molar-refractivity contribution in [2.75, 3.05) is 51.8 Å². The van der Waals surface area contributed by atoms with Crippen molar-refractivity contribution in [3.63, 3.8) is 0 Å². The number of benzene rings is 4. The molecule has 0 radical (unpaired) electrons. The maximum Gasteiger partial charge on any atom is 0.416 e. The van der Waals surface area contributed by atoms with E-state index in [1.165, 1.54) is 31.4 Å². The molecule has 17 heteroatoms. The van der Waals surface area contributed by atoms with Gasteiger partial charge in [-0.3, -0.25) is 53.9 Å². The number of halogens is 3. The molecule has 5 amide bonds. The lowest BCUT2D eigenvalue weighted by molar-refractivity contribution is -0.138. The van der Waals surface area contributed by atoms with Crippen molar-refractivity contribution in [1.29, 1.82) is 0 Å². The van der Waals surface area contributed by atoms with Crippen LogP contribution < -0.4 is 20.1 Å². The fourth-order valence-electron chi connectivity index (χ4n) is 7.59. The van der Waals surface area contributed by atoms with Crippen molar-refractivity contribution < 1.29 is 46.6 Å². The molecule has 8 rings (SSSR count). The van der Waals surface area contributed by atoms with Gasteiger partial charge in [-0.25, -0.2) is 4.98 Å². The molecule has 4 heterocycles. The molecule has 59 heavy (non-hydrogen) atoms. The SMILES string of the molecule is COc1cccc(-n2c(NC(=O)c3cccc(C(F)(F)F)c3)nc3cc(CN4CCN(CCOc5ccc6c(c5)C(=O)N(C5CCC(=O)NC5=O)C6=O)CC4)ccc32)c1. The number of methoxy groups -OCH3 is 1. The normalized spacial score (nSPS) is 17.6. The highest BCUT2D eigenvalue weighted by Crippen LogP contribution is 2.33. The van der Waals surface area contributed by atoms with Gasteiger partial charge in [0.05, 0.1) is 40.5 Å². The van der Waals surface area contributed by atoms with Crippen molar-refractivity contribution >= 4 is 46.5 Å². The summed E-state index contributed by atoms with van der Waals surface area (Å²) >= 11 is 0. The number of carbonyl (C=O) groups is 5. The first-order valence-corrected chi connectivity index (χ1v) is 18.9. The van der Waals surface area contributed by atoms with Gasteiger partial charge in [-0.05, 0) is 72.6 Å². The van der Waals surface area contributed by atoms with E-state index in [1.54, 1.807) is 28.8 Å². The predicted molar refractivity (Wildman–Crippen MR) is 207 cm³/mol. The quantitative estimate of drug-likeness (QED) is 0.176. The lowest BCUT2D eigenvalue weighted by atomic mass is 10.0. The second-order valence-electron chi connectivity index (χ2n) is 14.4. The number of imide groups is 2. The zero-order valence-corrected chi connectivity index (χ0v) is 31.8. The maximum absolute atomic E-state index is 13.4. The largest absolute Gasteiger partial charge is 0.497 e.